The molecule has 5 heteroatoms. The monoisotopic (exact) mass is 265 g/mol. The SMILES string of the molecule is CC(C)(C)NCc1nc2cc(Cl)ccc2c(=O)[nH]1. The Morgan fingerprint density at radius 2 is 2.11 bits per heavy atom. The van der Waals surface area contributed by atoms with E-state index in [9.17, 15) is 4.79 Å². The van der Waals surface area contributed by atoms with Crippen LogP contribution in [-0.4, -0.2) is 15.5 Å². The molecule has 2 aromatic rings. The van der Waals surface area contributed by atoms with Gasteiger partial charge >= 0.3 is 0 Å². The Labute approximate surface area is 110 Å². The molecule has 0 saturated carbocycles. The van der Waals surface area contributed by atoms with Crippen molar-refractivity contribution in [3.05, 3.63) is 39.4 Å². The molecule has 0 amide bonds. The maximum Gasteiger partial charge on any atom is 0.258 e. The van der Waals surface area contributed by atoms with E-state index in [4.69, 9.17) is 11.6 Å². The largest absolute Gasteiger partial charge is 0.309 e. The van der Waals surface area contributed by atoms with E-state index in [0.29, 0.717) is 28.3 Å². The number of nitrogens with one attached hydrogen (secondary N) is 2. The third-order valence-electron chi connectivity index (χ3n) is 2.50. The van der Waals surface area contributed by atoms with Gasteiger partial charge in [-0.2, -0.15) is 0 Å². The fraction of sp³-hybridized carbons (Fsp3) is 0.385. The number of halogens is 1. The number of H-pyrrole nitrogens is 1. The molecule has 4 nitrogen and oxygen atoms in total. The summed E-state index contributed by atoms with van der Waals surface area (Å²) in [5, 5.41) is 4.41. The van der Waals surface area contributed by atoms with E-state index >= 15 is 0 Å². The summed E-state index contributed by atoms with van der Waals surface area (Å²) in [5.74, 6) is 0.615. The summed E-state index contributed by atoms with van der Waals surface area (Å²) >= 11 is 5.91. The maximum absolute atomic E-state index is 11.9. The van der Waals surface area contributed by atoms with Gasteiger partial charge in [-0.15, -0.1) is 0 Å². The molecule has 96 valence electrons. The first-order valence-corrected chi connectivity index (χ1v) is 6.16. The molecule has 0 aliphatic heterocycles. The van der Waals surface area contributed by atoms with Crippen molar-refractivity contribution in [2.75, 3.05) is 0 Å². The number of hydrogen-bond donors (Lipinski definition) is 2. The van der Waals surface area contributed by atoms with E-state index in [1.807, 2.05) is 0 Å². The predicted octanol–water partition coefficient (Wildman–Crippen LogP) is 2.46. The number of rotatable bonds is 2. The van der Waals surface area contributed by atoms with Crippen LogP contribution in [0.3, 0.4) is 0 Å². The quantitative estimate of drug-likeness (QED) is 0.877. The maximum atomic E-state index is 11.9. The number of aromatic nitrogens is 2. The molecular weight excluding hydrogens is 250 g/mol. The molecule has 2 rings (SSSR count). The number of hydrogen-bond acceptors (Lipinski definition) is 3. The van der Waals surface area contributed by atoms with E-state index < -0.39 is 0 Å². The number of aromatic amines is 1. The van der Waals surface area contributed by atoms with Crippen LogP contribution in [0.4, 0.5) is 0 Å². The minimum atomic E-state index is -0.137. The molecule has 1 aromatic carbocycles. The highest BCUT2D eigenvalue weighted by Gasteiger charge is 2.10. The standard InChI is InChI=1S/C13H16ClN3O/c1-13(2,3)15-7-11-16-10-6-8(14)4-5-9(10)12(18)17-11/h4-6,15H,7H2,1-3H3,(H,16,17,18). The molecule has 0 bridgehead atoms. The van der Waals surface area contributed by atoms with Gasteiger partial charge in [0, 0.05) is 10.6 Å². The molecule has 0 fully saturated rings. The van der Waals surface area contributed by atoms with Crippen molar-refractivity contribution in [1.29, 1.82) is 0 Å². The molecular formula is C13H16ClN3O. The van der Waals surface area contributed by atoms with Crippen molar-refractivity contribution in [2.45, 2.75) is 32.9 Å². The second-order valence-electron chi connectivity index (χ2n) is 5.28. The van der Waals surface area contributed by atoms with E-state index in [1.165, 1.54) is 0 Å². The third-order valence-corrected chi connectivity index (χ3v) is 2.74. The highest BCUT2D eigenvalue weighted by atomic mass is 35.5. The lowest BCUT2D eigenvalue weighted by Gasteiger charge is -2.20. The lowest BCUT2D eigenvalue weighted by Crippen LogP contribution is -2.36. The van der Waals surface area contributed by atoms with E-state index in [0.717, 1.165) is 0 Å². The molecule has 0 atom stereocenters. The molecule has 0 saturated heterocycles. The van der Waals surface area contributed by atoms with Gasteiger partial charge < -0.3 is 10.3 Å². The Kier molecular flexibility index (Phi) is 3.41. The van der Waals surface area contributed by atoms with Gasteiger partial charge in [0.15, 0.2) is 0 Å². The Balaban J connectivity index is 2.39. The molecule has 0 spiro atoms. The van der Waals surface area contributed by atoms with Gasteiger partial charge in [-0.1, -0.05) is 11.6 Å². The van der Waals surface area contributed by atoms with Crippen LogP contribution in [0.15, 0.2) is 23.0 Å². The zero-order valence-corrected chi connectivity index (χ0v) is 11.4. The second-order valence-corrected chi connectivity index (χ2v) is 5.71. The Hall–Kier alpha value is -1.39. The van der Waals surface area contributed by atoms with Crippen LogP contribution in [0.2, 0.25) is 5.02 Å². The van der Waals surface area contributed by atoms with E-state index in [2.05, 4.69) is 36.1 Å². The summed E-state index contributed by atoms with van der Waals surface area (Å²) in [4.78, 5) is 19.0. The first-order valence-electron chi connectivity index (χ1n) is 5.79. The zero-order chi connectivity index (χ0) is 13.3. The van der Waals surface area contributed by atoms with Crippen molar-refractivity contribution in [3.8, 4) is 0 Å². The molecule has 0 aliphatic rings. The lowest BCUT2D eigenvalue weighted by atomic mass is 10.1. The smallest absolute Gasteiger partial charge is 0.258 e. The molecule has 0 aliphatic carbocycles. The van der Waals surface area contributed by atoms with E-state index in [-0.39, 0.29) is 11.1 Å². The van der Waals surface area contributed by atoms with Crippen LogP contribution >= 0.6 is 11.6 Å². The van der Waals surface area contributed by atoms with Crippen molar-refractivity contribution in [2.24, 2.45) is 0 Å². The van der Waals surface area contributed by atoms with Gasteiger partial charge in [0.2, 0.25) is 0 Å². The minimum absolute atomic E-state index is 0.0259. The lowest BCUT2D eigenvalue weighted by molar-refractivity contribution is 0.418. The summed E-state index contributed by atoms with van der Waals surface area (Å²) in [7, 11) is 0. The van der Waals surface area contributed by atoms with Gasteiger partial charge in [0.05, 0.1) is 17.4 Å². The van der Waals surface area contributed by atoms with Crippen LogP contribution in [0, 0.1) is 0 Å². The number of fused-ring (bicyclic) bond motifs is 1. The normalized spacial score (nSPS) is 12.0. The van der Waals surface area contributed by atoms with Crippen LogP contribution in [-0.2, 0) is 6.54 Å². The molecule has 0 unspecified atom stereocenters. The van der Waals surface area contributed by atoms with Crippen molar-refractivity contribution >= 4 is 22.5 Å². The van der Waals surface area contributed by atoms with Crippen LogP contribution in [0.1, 0.15) is 26.6 Å². The van der Waals surface area contributed by atoms with Gasteiger partial charge in [0.25, 0.3) is 5.56 Å². The van der Waals surface area contributed by atoms with Crippen LogP contribution in [0.25, 0.3) is 10.9 Å². The Morgan fingerprint density at radius 3 is 2.78 bits per heavy atom. The Morgan fingerprint density at radius 1 is 1.39 bits per heavy atom. The highest BCUT2D eigenvalue weighted by Crippen LogP contribution is 2.14. The summed E-state index contributed by atoms with van der Waals surface area (Å²) in [6.45, 7) is 6.69. The minimum Gasteiger partial charge on any atom is -0.309 e. The first kappa shape index (κ1) is 13.1. The van der Waals surface area contributed by atoms with Gasteiger partial charge in [-0.3, -0.25) is 4.79 Å². The summed E-state index contributed by atoms with van der Waals surface area (Å²) in [5.41, 5.74) is 0.460. The Bertz CT molecular complexity index is 628. The van der Waals surface area contributed by atoms with Gasteiger partial charge in [0.1, 0.15) is 5.82 Å². The zero-order valence-electron chi connectivity index (χ0n) is 10.7. The topological polar surface area (TPSA) is 57.8 Å². The summed E-state index contributed by atoms with van der Waals surface area (Å²) < 4.78 is 0. The molecule has 1 heterocycles. The summed E-state index contributed by atoms with van der Waals surface area (Å²) in [6, 6.07) is 5.07. The predicted molar refractivity (Wildman–Crippen MR) is 74.0 cm³/mol. The average molecular weight is 266 g/mol. The fourth-order valence-corrected chi connectivity index (χ4v) is 1.76. The summed E-state index contributed by atoms with van der Waals surface area (Å²) in [6.07, 6.45) is 0. The van der Waals surface area contributed by atoms with Crippen molar-refractivity contribution in [1.82, 2.24) is 15.3 Å². The number of benzene rings is 1. The molecule has 18 heavy (non-hydrogen) atoms. The average Bonchev–Trinajstić information content (AvgIpc) is 2.24. The second kappa shape index (κ2) is 4.71. The van der Waals surface area contributed by atoms with Gasteiger partial charge in [-0.25, -0.2) is 4.98 Å². The molecule has 0 radical (unpaired) electrons. The molecule has 1 aromatic heterocycles. The van der Waals surface area contributed by atoms with Gasteiger partial charge in [-0.05, 0) is 39.0 Å². The van der Waals surface area contributed by atoms with Crippen molar-refractivity contribution < 1.29 is 0 Å². The van der Waals surface area contributed by atoms with E-state index in [1.54, 1.807) is 18.2 Å². The fourth-order valence-electron chi connectivity index (χ4n) is 1.59. The van der Waals surface area contributed by atoms with Crippen LogP contribution < -0.4 is 10.9 Å². The highest BCUT2D eigenvalue weighted by molar-refractivity contribution is 6.31. The number of nitrogens with zero attached hydrogens (tertiary/aromatic N) is 1. The molecule has 2 N–H and O–H groups in total. The van der Waals surface area contributed by atoms with Crippen LogP contribution in [0.5, 0.6) is 0 Å². The third kappa shape index (κ3) is 3.09. The van der Waals surface area contributed by atoms with Crippen molar-refractivity contribution in [3.63, 3.8) is 0 Å². The first-order chi connectivity index (χ1) is 8.35.